The molecule has 0 aliphatic heterocycles. The number of nitrogens with one attached hydrogen (secondary N) is 1. The minimum absolute atomic E-state index is 0.0289. The highest BCUT2D eigenvalue weighted by molar-refractivity contribution is 5.39. The van der Waals surface area contributed by atoms with E-state index in [9.17, 15) is 4.79 Å². The van der Waals surface area contributed by atoms with Crippen molar-refractivity contribution < 1.29 is 5.11 Å². The summed E-state index contributed by atoms with van der Waals surface area (Å²) >= 11 is 0. The van der Waals surface area contributed by atoms with Crippen molar-refractivity contribution in [1.82, 2.24) is 9.97 Å². The van der Waals surface area contributed by atoms with Gasteiger partial charge in [-0.25, -0.2) is 4.98 Å². The zero-order valence-corrected chi connectivity index (χ0v) is 9.72. The van der Waals surface area contributed by atoms with Crippen molar-refractivity contribution in [3.63, 3.8) is 0 Å². The van der Waals surface area contributed by atoms with E-state index in [1.165, 1.54) is 6.07 Å². The molecule has 1 aromatic heterocycles. The van der Waals surface area contributed by atoms with E-state index in [0.717, 1.165) is 18.7 Å². The van der Waals surface area contributed by atoms with E-state index >= 15 is 0 Å². The van der Waals surface area contributed by atoms with Gasteiger partial charge in [-0.15, -0.1) is 6.58 Å². The number of hydrogen-bond acceptors (Lipinski definition) is 4. The van der Waals surface area contributed by atoms with Crippen LogP contribution in [0.15, 0.2) is 23.5 Å². The minimum atomic E-state index is -0.135. The van der Waals surface area contributed by atoms with Gasteiger partial charge in [-0.2, -0.15) is 0 Å². The lowest BCUT2D eigenvalue weighted by molar-refractivity contribution is 0.302. The number of H-pyrrole nitrogens is 1. The average Bonchev–Trinajstić information content (AvgIpc) is 3.12. The molecule has 5 heteroatoms. The third-order valence-corrected chi connectivity index (χ3v) is 2.75. The maximum absolute atomic E-state index is 11.5. The van der Waals surface area contributed by atoms with Gasteiger partial charge in [0.25, 0.3) is 5.56 Å². The first kappa shape index (κ1) is 11.9. The lowest BCUT2D eigenvalue weighted by Gasteiger charge is -2.21. The molecule has 0 saturated heterocycles. The Morgan fingerprint density at radius 3 is 3.00 bits per heavy atom. The molecule has 1 aliphatic rings. The van der Waals surface area contributed by atoms with Crippen LogP contribution in [-0.4, -0.2) is 34.8 Å². The summed E-state index contributed by atoms with van der Waals surface area (Å²) in [6, 6.07) is 1.46. The van der Waals surface area contributed by atoms with Crippen LogP contribution < -0.4 is 10.5 Å². The van der Waals surface area contributed by atoms with Crippen molar-refractivity contribution in [3.05, 3.63) is 34.9 Å². The third-order valence-electron chi connectivity index (χ3n) is 2.75. The molecule has 0 unspecified atom stereocenters. The molecular formula is C12H17N3O2. The Morgan fingerprint density at radius 2 is 2.41 bits per heavy atom. The van der Waals surface area contributed by atoms with Gasteiger partial charge < -0.3 is 15.0 Å². The van der Waals surface area contributed by atoms with Crippen molar-refractivity contribution in [2.24, 2.45) is 0 Å². The molecule has 0 bridgehead atoms. The van der Waals surface area contributed by atoms with Crippen LogP contribution >= 0.6 is 0 Å². The molecule has 0 amide bonds. The third kappa shape index (κ3) is 2.94. The Balaban J connectivity index is 2.27. The fourth-order valence-corrected chi connectivity index (χ4v) is 1.75. The van der Waals surface area contributed by atoms with Gasteiger partial charge >= 0.3 is 0 Å². The van der Waals surface area contributed by atoms with Crippen LogP contribution in [-0.2, 0) is 0 Å². The lowest BCUT2D eigenvalue weighted by Crippen LogP contribution is -2.29. The van der Waals surface area contributed by atoms with E-state index in [0.29, 0.717) is 24.8 Å². The number of aliphatic hydroxyl groups excluding tert-OH is 1. The number of nitrogens with zero attached hydrogens (tertiary/aromatic N) is 2. The van der Waals surface area contributed by atoms with E-state index in [4.69, 9.17) is 5.11 Å². The maximum Gasteiger partial charge on any atom is 0.252 e. The summed E-state index contributed by atoms with van der Waals surface area (Å²) in [6.45, 7) is 4.71. The molecule has 5 nitrogen and oxygen atoms in total. The molecule has 0 aromatic carbocycles. The van der Waals surface area contributed by atoms with Crippen LogP contribution in [0.5, 0.6) is 0 Å². The van der Waals surface area contributed by atoms with Crippen LogP contribution in [0, 0.1) is 0 Å². The second-order valence-electron chi connectivity index (χ2n) is 4.22. The van der Waals surface area contributed by atoms with Crippen LogP contribution in [0.25, 0.3) is 0 Å². The average molecular weight is 235 g/mol. The lowest BCUT2D eigenvalue weighted by atomic mass is 10.3. The Labute approximate surface area is 99.8 Å². The standard InChI is InChI=1S/C12H17N3O2/c1-2-5-15(6-7-16)10-8-11(17)14-12(13-10)9-3-4-9/h2,8-9,16H,1,3-7H2,(H,13,14,17). The Kier molecular flexibility index (Phi) is 3.58. The number of rotatable bonds is 6. The van der Waals surface area contributed by atoms with Gasteiger partial charge in [0.1, 0.15) is 11.6 Å². The van der Waals surface area contributed by atoms with Crippen molar-refractivity contribution in [2.45, 2.75) is 18.8 Å². The summed E-state index contributed by atoms with van der Waals surface area (Å²) in [7, 11) is 0. The first-order chi connectivity index (χ1) is 8.24. The summed E-state index contributed by atoms with van der Waals surface area (Å²) in [6.07, 6.45) is 3.91. The maximum atomic E-state index is 11.5. The molecule has 1 fully saturated rings. The van der Waals surface area contributed by atoms with E-state index in [1.807, 2.05) is 4.90 Å². The molecule has 0 radical (unpaired) electrons. The fourth-order valence-electron chi connectivity index (χ4n) is 1.75. The van der Waals surface area contributed by atoms with E-state index in [1.54, 1.807) is 6.08 Å². The van der Waals surface area contributed by atoms with Gasteiger partial charge in [0, 0.05) is 25.1 Å². The molecule has 2 rings (SSSR count). The Morgan fingerprint density at radius 1 is 1.65 bits per heavy atom. The number of aromatic amines is 1. The molecule has 0 atom stereocenters. The summed E-state index contributed by atoms with van der Waals surface area (Å²) in [5.41, 5.74) is -0.135. The van der Waals surface area contributed by atoms with Crippen molar-refractivity contribution >= 4 is 5.82 Å². The first-order valence-corrected chi connectivity index (χ1v) is 5.82. The summed E-state index contributed by atoms with van der Waals surface area (Å²) < 4.78 is 0. The predicted octanol–water partition coefficient (Wildman–Crippen LogP) is 0.632. The predicted molar refractivity (Wildman–Crippen MR) is 66.3 cm³/mol. The zero-order chi connectivity index (χ0) is 12.3. The topological polar surface area (TPSA) is 69.2 Å². The van der Waals surface area contributed by atoms with Gasteiger partial charge in [0.05, 0.1) is 6.61 Å². The molecular weight excluding hydrogens is 218 g/mol. The second-order valence-corrected chi connectivity index (χ2v) is 4.22. The largest absolute Gasteiger partial charge is 0.395 e. The smallest absolute Gasteiger partial charge is 0.252 e. The molecule has 1 saturated carbocycles. The Hall–Kier alpha value is -1.62. The van der Waals surface area contributed by atoms with Crippen molar-refractivity contribution in [1.29, 1.82) is 0 Å². The molecule has 92 valence electrons. The number of aromatic nitrogens is 2. The monoisotopic (exact) mass is 235 g/mol. The van der Waals surface area contributed by atoms with Crippen LogP contribution in [0.1, 0.15) is 24.6 Å². The van der Waals surface area contributed by atoms with Crippen LogP contribution in [0.3, 0.4) is 0 Å². The van der Waals surface area contributed by atoms with Gasteiger partial charge in [0.15, 0.2) is 0 Å². The highest BCUT2D eigenvalue weighted by Crippen LogP contribution is 2.37. The number of hydrogen-bond donors (Lipinski definition) is 2. The second kappa shape index (κ2) is 5.14. The quantitative estimate of drug-likeness (QED) is 0.710. The molecule has 1 aliphatic carbocycles. The van der Waals surface area contributed by atoms with Gasteiger partial charge in [0.2, 0.25) is 0 Å². The van der Waals surface area contributed by atoms with E-state index in [-0.39, 0.29) is 12.2 Å². The van der Waals surface area contributed by atoms with Crippen molar-refractivity contribution in [2.75, 3.05) is 24.6 Å². The summed E-state index contributed by atoms with van der Waals surface area (Å²) in [5.74, 6) is 1.78. The Bertz CT molecular complexity index is 451. The SMILES string of the molecule is C=CCN(CCO)c1cc(=O)[nH]c(C2CC2)n1. The van der Waals surface area contributed by atoms with E-state index in [2.05, 4.69) is 16.5 Å². The fraction of sp³-hybridized carbons (Fsp3) is 0.500. The first-order valence-electron chi connectivity index (χ1n) is 5.82. The molecule has 17 heavy (non-hydrogen) atoms. The highest BCUT2D eigenvalue weighted by Gasteiger charge is 2.26. The molecule has 1 aromatic rings. The highest BCUT2D eigenvalue weighted by atomic mass is 16.3. The summed E-state index contributed by atoms with van der Waals surface area (Å²) in [5, 5.41) is 9.00. The van der Waals surface area contributed by atoms with Crippen LogP contribution in [0.4, 0.5) is 5.82 Å². The number of anilines is 1. The zero-order valence-electron chi connectivity index (χ0n) is 9.72. The molecule has 2 N–H and O–H groups in total. The minimum Gasteiger partial charge on any atom is -0.395 e. The van der Waals surface area contributed by atoms with Crippen LogP contribution in [0.2, 0.25) is 0 Å². The van der Waals surface area contributed by atoms with Gasteiger partial charge in [-0.1, -0.05) is 6.08 Å². The van der Waals surface area contributed by atoms with Gasteiger partial charge in [-0.3, -0.25) is 4.79 Å². The van der Waals surface area contributed by atoms with E-state index < -0.39 is 0 Å². The summed E-state index contributed by atoms with van der Waals surface area (Å²) in [4.78, 5) is 20.6. The van der Waals surface area contributed by atoms with Gasteiger partial charge in [-0.05, 0) is 12.8 Å². The number of aliphatic hydroxyl groups is 1. The normalized spacial score (nSPS) is 14.6. The molecule has 1 heterocycles. The van der Waals surface area contributed by atoms with Crippen molar-refractivity contribution in [3.8, 4) is 0 Å². The molecule has 0 spiro atoms.